The summed E-state index contributed by atoms with van der Waals surface area (Å²) in [4.78, 5) is 6.74. The molecule has 0 aromatic carbocycles. The van der Waals surface area contributed by atoms with Crippen molar-refractivity contribution in [3.63, 3.8) is 0 Å². The summed E-state index contributed by atoms with van der Waals surface area (Å²) in [6.45, 7) is 3.48. The molecule has 2 rings (SSSR count). The van der Waals surface area contributed by atoms with Gasteiger partial charge < -0.3 is 16.3 Å². The summed E-state index contributed by atoms with van der Waals surface area (Å²) in [5.74, 6) is 1.25. The minimum Gasteiger partial charge on any atom is -0.388 e. The number of nitrogens with zero attached hydrogens (tertiary/aromatic N) is 2. The molecule has 0 spiro atoms. The van der Waals surface area contributed by atoms with Crippen LogP contribution in [0.15, 0.2) is 4.99 Å². The Morgan fingerprint density at radius 1 is 1.40 bits per heavy atom. The van der Waals surface area contributed by atoms with Crippen LogP contribution in [0, 0.1) is 6.42 Å². The molecule has 50 valence electrons. The van der Waals surface area contributed by atoms with E-state index in [1.54, 1.807) is 0 Å². The normalized spacial score (nSPS) is 22.4. The van der Waals surface area contributed by atoms with E-state index in [4.69, 9.17) is 0 Å². The third kappa shape index (κ3) is 1.33. The zero-order chi connectivity index (χ0) is 6.10. The van der Waals surface area contributed by atoms with Crippen molar-refractivity contribution in [2.45, 2.75) is 12.8 Å². The molecule has 0 atom stereocenters. The summed E-state index contributed by atoms with van der Waals surface area (Å²) in [5, 5.41) is 0. The van der Waals surface area contributed by atoms with Gasteiger partial charge in [0.15, 0.2) is 0 Å². The van der Waals surface area contributed by atoms with Crippen molar-refractivity contribution in [3.8, 4) is 0 Å². The minimum atomic E-state index is 0. The van der Waals surface area contributed by atoms with Crippen molar-refractivity contribution in [2.24, 2.45) is 4.99 Å². The fourth-order valence-electron chi connectivity index (χ4n) is 1.44. The third-order valence-corrected chi connectivity index (χ3v) is 1.91. The van der Waals surface area contributed by atoms with Gasteiger partial charge in [-0.05, 0) is 18.8 Å². The van der Waals surface area contributed by atoms with Crippen LogP contribution < -0.4 is 18.9 Å². The van der Waals surface area contributed by atoms with Crippen LogP contribution in [0.1, 0.15) is 12.8 Å². The number of hydrogen-bond donors (Lipinski definition) is 0. The zero-order valence-electron chi connectivity index (χ0n) is 6.51. The van der Waals surface area contributed by atoms with Crippen LogP contribution in [0.3, 0.4) is 0 Å². The largest absolute Gasteiger partial charge is 1.00 e. The Kier molecular flexibility index (Phi) is 2.70. The van der Waals surface area contributed by atoms with Crippen LogP contribution >= 0.6 is 0 Å². The molecule has 0 aromatic rings. The summed E-state index contributed by atoms with van der Waals surface area (Å²) < 4.78 is 0. The summed E-state index contributed by atoms with van der Waals surface area (Å²) in [7, 11) is 0. The number of hydrogen-bond acceptors (Lipinski definition) is 2. The fraction of sp³-hybridized carbons (Fsp3) is 0.714. The molecule has 3 heteroatoms. The van der Waals surface area contributed by atoms with E-state index < -0.39 is 0 Å². The minimum absolute atomic E-state index is 0. The summed E-state index contributed by atoms with van der Waals surface area (Å²) in [6.07, 6.45) is 4.69. The second kappa shape index (κ2) is 3.36. The van der Waals surface area contributed by atoms with Gasteiger partial charge in [-0.15, -0.1) is 6.42 Å². The van der Waals surface area contributed by atoms with Crippen LogP contribution in [0.2, 0.25) is 0 Å². The van der Waals surface area contributed by atoms with Gasteiger partial charge in [-0.1, -0.05) is 0 Å². The SMILES string of the molecule is [CH-]1CCN2CCCN=C12.[Li+]. The molecule has 0 amide bonds. The number of amidine groups is 1. The molecule has 2 heterocycles. The van der Waals surface area contributed by atoms with Crippen LogP contribution in [0.4, 0.5) is 0 Å². The molecule has 2 aliphatic heterocycles. The Morgan fingerprint density at radius 3 is 3.10 bits per heavy atom. The Labute approximate surface area is 73.9 Å². The van der Waals surface area contributed by atoms with E-state index in [0.29, 0.717) is 0 Å². The van der Waals surface area contributed by atoms with Gasteiger partial charge in [-0.2, -0.15) is 0 Å². The van der Waals surface area contributed by atoms with Gasteiger partial charge in [-0.25, -0.2) is 0 Å². The number of fused-ring (bicyclic) bond motifs is 1. The summed E-state index contributed by atoms with van der Waals surface area (Å²) in [6, 6.07) is 0. The molecule has 0 N–H and O–H groups in total. The third-order valence-electron chi connectivity index (χ3n) is 1.91. The zero-order valence-corrected chi connectivity index (χ0v) is 6.51. The molecule has 0 bridgehead atoms. The smallest absolute Gasteiger partial charge is 0.388 e. The van der Waals surface area contributed by atoms with Crippen LogP contribution in [0.5, 0.6) is 0 Å². The first-order valence-corrected chi connectivity index (χ1v) is 3.59. The molecular weight excluding hydrogens is 119 g/mol. The Bertz CT molecular complexity index is 145. The topological polar surface area (TPSA) is 15.6 Å². The maximum absolute atomic E-state index is 4.38. The molecule has 2 aliphatic rings. The van der Waals surface area contributed by atoms with Gasteiger partial charge in [-0.3, -0.25) is 0 Å². The van der Waals surface area contributed by atoms with Gasteiger partial charge in [0.25, 0.3) is 0 Å². The van der Waals surface area contributed by atoms with E-state index in [1.165, 1.54) is 31.8 Å². The maximum atomic E-state index is 4.38. The molecule has 2 nitrogen and oxygen atoms in total. The summed E-state index contributed by atoms with van der Waals surface area (Å²) >= 11 is 0. The van der Waals surface area contributed by atoms with Gasteiger partial charge in [0.1, 0.15) is 0 Å². The predicted octanol–water partition coefficient (Wildman–Crippen LogP) is -2.30. The van der Waals surface area contributed by atoms with Crippen molar-refractivity contribution in [2.75, 3.05) is 19.6 Å². The molecule has 0 radical (unpaired) electrons. The molecule has 1 saturated heterocycles. The Morgan fingerprint density at radius 2 is 2.30 bits per heavy atom. The second-order valence-corrected chi connectivity index (χ2v) is 2.57. The second-order valence-electron chi connectivity index (χ2n) is 2.57. The van der Waals surface area contributed by atoms with E-state index in [2.05, 4.69) is 16.3 Å². The van der Waals surface area contributed by atoms with Gasteiger partial charge in [0.05, 0.1) is 0 Å². The monoisotopic (exact) mass is 130 g/mol. The van der Waals surface area contributed by atoms with E-state index in [-0.39, 0.29) is 18.9 Å². The summed E-state index contributed by atoms with van der Waals surface area (Å²) in [5.41, 5.74) is 0. The molecule has 0 aliphatic carbocycles. The van der Waals surface area contributed by atoms with Crippen molar-refractivity contribution in [1.29, 1.82) is 0 Å². The predicted molar refractivity (Wildman–Crippen MR) is 37.4 cm³/mol. The first-order valence-electron chi connectivity index (χ1n) is 3.59. The number of rotatable bonds is 0. The van der Waals surface area contributed by atoms with Crippen LogP contribution in [0.25, 0.3) is 0 Å². The maximum Gasteiger partial charge on any atom is 1.00 e. The van der Waals surface area contributed by atoms with Crippen LogP contribution in [-0.4, -0.2) is 30.4 Å². The molecule has 10 heavy (non-hydrogen) atoms. The van der Waals surface area contributed by atoms with E-state index in [0.717, 1.165) is 6.54 Å². The standard InChI is InChI=1S/C7H11N2.Li/c1-3-7-8-4-2-6-9(7)5-1;/h3H,1-2,4-6H2;/q-1;+1. The molecule has 0 saturated carbocycles. The van der Waals surface area contributed by atoms with Crippen molar-refractivity contribution in [3.05, 3.63) is 6.42 Å². The molecular formula is C7H11LiN2. The Hall–Kier alpha value is -0.0626. The average molecular weight is 130 g/mol. The van der Waals surface area contributed by atoms with Gasteiger partial charge >= 0.3 is 18.9 Å². The first-order chi connectivity index (χ1) is 4.47. The van der Waals surface area contributed by atoms with Gasteiger partial charge in [0, 0.05) is 13.1 Å². The molecule has 0 aromatic heterocycles. The molecule has 0 unspecified atom stereocenters. The van der Waals surface area contributed by atoms with Gasteiger partial charge in [0.2, 0.25) is 0 Å². The quantitative estimate of drug-likeness (QED) is 0.266. The average Bonchev–Trinajstić information content (AvgIpc) is 2.33. The van der Waals surface area contributed by atoms with E-state index in [1.807, 2.05) is 0 Å². The van der Waals surface area contributed by atoms with E-state index in [9.17, 15) is 0 Å². The number of aliphatic imine (C=N–C) groups is 1. The van der Waals surface area contributed by atoms with E-state index >= 15 is 0 Å². The fourth-order valence-corrected chi connectivity index (χ4v) is 1.44. The van der Waals surface area contributed by atoms with Crippen molar-refractivity contribution in [1.82, 2.24) is 4.90 Å². The Balaban J connectivity index is 0.000000500. The molecule has 1 fully saturated rings. The van der Waals surface area contributed by atoms with Crippen LogP contribution in [-0.2, 0) is 0 Å². The van der Waals surface area contributed by atoms with Crippen molar-refractivity contribution >= 4 is 5.84 Å². The van der Waals surface area contributed by atoms with Crippen molar-refractivity contribution < 1.29 is 18.9 Å². The first kappa shape index (κ1) is 8.04.